The van der Waals surface area contributed by atoms with Gasteiger partial charge in [0.15, 0.2) is 6.61 Å². The summed E-state index contributed by atoms with van der Waals surface area (Å²) in [4.78, 5) is 11.4. The van der Waals surface area contributed by atoms with E-state index in [4.69, 9.17) is 9.88 Å². The van der Waals surface area contributed by atoms with Gasteiger partial charge in [0.2, 0.25) is 10.0 Å². The average Bonchev–Trinajstić information content (AvgIpc) is 3.10. The van der Waals surface area contributed by atoms with E-state index in [9.17, 15) is 13.2 Å². The molecule has 0 aliphatic heterocycles. The van der Waals surface area contributed by atoms with Crippen LogP contribution < -0.4 is 15.2 Å². The number of carbonyl (C=O) groups excluding carboxylic acids is 1. The molecular weight excluding hydrogens is 268 g/mol. The van der Waals surface area contributed by atoms with Crippen LogP contribution in [0.5, 0.6) is 5.75 Å². The van der Waals surface area contributed by atoms with Crippen molar-refractivity contribution in [3.8, 4) is 5.75 Å². The maximum atomic E-state index is 11.5. The smallest absolute Gasteiger partial charge is 0.258 e. The number of nitrogens with one attached hydrogen (secondary N) is 1. The average molecular weight is 284 g/mol. The zero-order chi connectivity index (χ0) is 14.0. The Kier molecular flexibility index (Phi) is 3.77. The number of hydrogen-bond acceptors (Lipinski definition) is 4. The van der Waals surface area contributed by atoms with Gasteiger partial charge in [0, 0.05) is 6.04 Å². The molecule has 0 atom stereocenters. The van der Waals surface area contributed by atoms with Crippen LogP contribution in [0, 0.1) is 6.92 Å². The first-order valence-electron chi connectivity index (χ1n) is 5.92. The largest absolute Gasteiger partial charge is 0.482 e. The van der Waals surface area contributed by atoms with Gasteiger partial charge in [-0.3, -0.25) is 4.79 Å². The monoisotopic (exact) mass is 284 g/mol. The molecule has 1 aliphatic carbocycles. The highest BCUT2D eigenvalue weighted by molar-refractivity contribution is 7.89. The standard InChI is InChI=1S/C12H16N2O4S/c1-8-2-5-10(11(6-8)19(13,16)17)18-7-12(15)14-9-3-4-9/h2,5-6,9H,3-4,7H2,1H3,(H,14,15)(H2,13,16,17). The number of sulfonamides is 1. The molecular formula is C12H16N2O4S. The van der Waals surface area contributed by atoms with Gasteiger partial charge < -0.3 is 10.1 Å². The fourth-order valence-corrected chi connectivity index (χ4v) is 2.35. The van der Waals surface area contributed by atoms with Crippen molar-refractivity contribution in [1.29, 1.82) is 0 Å². The van der Waals surface area contributed by atoms with Crippen molar-refractivity contribution in [2.75, 3.05) is 6.61 Å². The SMILES string of the molecule is Cc1ccc(OCC(=O)NC2CC2)c(S(N)(=O)=O)c1. The van der Waals surface area contributed by atoms with Crippen LogP contribution in [0.15, 0.2) is 23.1 Å². The van der Waals surface area contributed by atoms with Crippen LogP contribution in [0.3, 0.4) is 0 Å². The lowest BCUT2D eigenvalue weighted by Crippen LogP contribution is -2.30. The van der Waals surface area contributed by atoms with Gasteiger partial charge in [-0.2, -0.15) is 0 Å². The Balaban J connectivity index is 2.08. The molecule has 3 N–H and O–H groups in total. The number of rotatable bonds is 5. The summed E-state index contributed by atoms with van der Waals surface area (Å²) in [5.74, 6) is -0.164. The number of amides is 1. The molecule has 6 nitrogen and oxygen atoms in total. The van der Waals surface area contributed by atoms with Crippen LogP contribution >= 0.6 is 0 Å². The van der Waals surface area contributed by atoms with Gasteiger partial charge in [0.25, 0.3) is 5.91 Å². The molecule has 104 valence electrons. The Morgan fingerprint density at radius 1 is 1.47 bits per heavy atom. The molecule has 19 heavy (non-hydrogen) atoms. The predicted molar refractivity (Wildman–Crippen MR) is 69.2 cm³/mol. The van der Waals surface area contributed by atoms with Crippen molar-refractivity contribution >= 4 is 15.9 Å². The Morgan fingerprint density at radius 3 is 2.74 bits per heavy atom. The van der Waals surface area contributed by atoms with Crippen molar-refractivity contribution in [1.82, 2.24) is 5.32 Å². The molecule has 1 fully saturated rings. The molecule has 0 heterocycles. The zero-order valence-electron chi connectivity index (χ0n) is 10.5. The zero-order valence-corrected chi connectivity index (χ0v) is 11.4. The Morgan fingerprint density at radius 2 is 2.16 bits per heavy atom. The highest BCUT2D eigenvalue weighted by Gasteiger charge is 2.23. The number of nitrogens with two attached hydrogens (primary N) is 1. The van der Waals surface area contributed by atoms with E-state index in [-0.39, 0.29) is 29.2 Å². The summed E-state index contributed by atoms with van der Waals surface area (Å²) >= 11 is 0. The summed E-state index contributed by atoms with van der Waals surface area (Å²) in [5, 5.41) is 7.86. The Hall–Kier alpha value is -1.60. The van der Waals surface area contributed by atoms with Crippen molar-refractivity contribution < 1.29 is 17.9 Å². The first-order chi connectivity index (χ1) is 8.86. The second kappa shape index (κ2) is 5.18. The molecule has 0 unspecified atom stereocenters. The molecule has 1 amide bonds. The lowest BCUT2D eigenvalue weighted by Gasteiger charge is -2.10. The second-order valence-electron chi connectivity index (χ2n) is 4.63. The summed E-state index contributed by atoms with van der Waals surface area (Å²) in [6.45, 7) is 1.53. The number of ether oxygens (including phenoxy) is 1. The van der Waals surface area contributed by atoms with Gasteiger partial charge >= 0.3 is 0 Å². The maximum absolute atomic E-state index is 11.5. The topological polar surface area (TPSA) is 98.5 Å². The van der Waals surface area contributed by atoms with Crippen LogP contribution in [0.2, 0.25) is 0 Å². The Bertz CT molecular complexity index is 594. The van der Waals surface area contributed by atoms with E-state index in [1.807, 2.05) is 0 Å². The lowest BCUT2D eigenvalue weighted by molar-refractivity contribution is -0.123. The third-order valence-corrected chi connectivity index (χ3v) is 3.64. The minimum Gasteiger partial charge on any atom is -0.482 e. The molecule has 0 spiro atoms. The van der Waals surface area contributed by atoms with Gasteiger partial charge in [0.1, 0.15) is 10.6 Å². The first kappa shape index (κ1) is 13.8. The normalized spacial score (nSPS) is 15.1. The fraction of sp³-hybridized carbons (Fsp3) is 0.417. The summed E-state index contributed by atoms with van der Waals surface area (Å²) < 4.78 is 28.1. The van der Waals surface area contributed by atoms with E-state index in [0.29, 0.717) is 0 Å². The molecule has 1 aliphatic rings. The molecule has 0 saturated heterocycles. The van der Waals surface area contributed by atoms with E-state index >= 15 is 0 Å². The predicted octanol–water partition coefficient (Wildman–Crippen LogP) is 0.300. The molecule has 1 saturated carbocycles. The van der Waals surface area contributed by atoms with E-state index in [1.165, 1.54) is 12.1 Å². The summed E-state index contributed by atoms with van der Waals surface area (Å²) in [6.07, 6.45) is 1.97. The lowest BCUT2D eigenvalue weighted by atomic mass is 10.2. The maximum Gasteiger partial charge on any atom is 0.258 e. The van der Waals surface area contributed by atoms with Crippen molar-refractivity contribution in [3.05, 3.63) is 23.8 Å². The van der Waals surface area contributed by atoms with Crippen LogP contribution in [0.4, 0.5) is 0 Å². The highest BCUT2D eigenvalue weighted by atomic mass is 32.2. The molecule has 1 aromatic carbocycles. The summed E-state index contributed by atoms with van der Waals surface area (Å²) in [5.41, 5.74) is 0.749. The van der Waals surface area contributed by atoms with Crippen LogP contribution in [-0.4, -0.2) is 27.0 Å². The van der Waals surface area contributed by atoms with Crippen LogP contribution in [0.1, 0.15) is 18.4 Å². The fourth-order valence-electron chi connectivity index (χ4n) is 1.60. The van der Waals surface area contributed by atoms with Gasteiger partial charge in [0.05, 0.1) is 0 Å². The second-order valence-corrected chi connectivity index (χ2v) is 6.16. The molecule has 0 bridgehead atoms. The third-order valence-electron chi connectivity index (χ3n) is 2.71. The Labute approximate surface area is 112 Å². The van der Waals surface area contributed by atoms with Gasteiger partial charge in [-0.25, -0.2) is 13.6 Å². The number of aryl methyl sites for hydroxylation is 1. The van der Waals surface area contributed by atoms with Crippen molar-refractivity contribution in [2.24, 2.45) is 5.14 Å². The third kappa shape index (κ3) is 3.93. The van der Waals surface area contributed by atoms with E-state index in [0.717, 1.165) is 18.4 Å². The van der Waals surface area contributed by atoms with Crippen LogP contribution in [0.25, 0.3) is 0 Å². The molecule has 7 heteroatoms. The molecule has 2 rings (SSSR count). The van der Waals surface area contributed by atoms with E-state index in [1.54, 1.807) is 13.0 Å². The minimum atomic E-state index is -3.87. The van der Waals surface area contributed by atoms with Gasteiger partial charge in [-0.05, 0) is 37.5 Å². The summed E-state index contributed by atoms with van der Waals surface area (Å²) in [7, 11) is -3.87. The first-order valence-corrected chi connectivity index (χ1v) is 7.46. The minimum absolute atomic E-state index is 0.0963. The molecule has 0 radical (unpaired) electrons. The van der Waals surface area contributed by atoms with Crippen LogP contribution in [-0.2, 0) is 14.8 Å². The van der Waals surface area contributed by atoms with Gasteiger partial charge in [-0.15, -0.1) is 0 Å². The summed E-state index contributed by atoms with van der Waals surface area (Å²) in [6, 6.07) is 4.86. The molecule has 1 aromatic rings. The van der Waals surface area contributed by atoms with E-state index in [2.05, 4.69) is 5.32 Å². The van der Waals surface area contributed by atoms with Crippen molar-refractivity contribution in [3.63, 3.8) is 0 Å². The quantitative estimate of drug-likeness (QED) is 0.812. The number of carbonyl (C=O) groups is 1. The number of primary sulfonamides is 1. The number of benzene rings is 1. The highest BCUT2D eigenvalue weighted by Crippen LogP contribution is 2.24. The number of hydrogen-bond donors (Lipinski definition) is 2. The van der Waals surface area contributed by atoms with Gasteiger partial charge in [-0.1, -0.05) is 6.07 Å². The van der Waals surface area contributed by atoms with E-state index < -0.39 is 10.0 Å². The van der Waals surface area contributed by atoms with Crippen molar-refractivity contribution in [2.45, 2.75) is 30.7 Å². The molecule has 0 aromatic heterocycles.